The molecule has 2 aliphatic rings. The minimum absolute atomic E-state index is 0.133. The zero-order chi connectivity index (χ0) is 44.5. The van der Waals surface area contributed by atoms with Crippen molar-refractivity contribution < 1.29 is 0 Å². The summed E-state index contributed by atoms with van der Waals surface area (Å²) < 4.78 is 0. The number of rotatable bonds is 4. The predicted molar refractivity (Wildman–Crippen MR) is 287 cm³/mol. The quantitative estimate of drug-likeness (QED) is 0.155. The second-order valence-corrected chi connectivity index (χ2v) is 21.5. The third kappa shape index (κ3) is 5.91. The van der Waals surface area contributed by atoms with Gasteiger partial charge >= 0.3 is 0 Å². The normalized spacial score (nSPS) is 23.0. The van der Waals surface area contributed by atoms with Crippen LogP contribution in [-0.4, -0.2) is 0 Å². The molecule has 0 nitrogen and oxygen atoms in total. The lowest BCUT2D eigenvalue weighted by Gasteiger charge is -2.64. The summed E-state index contributed by atoms with van der Waals surface area (Å²) >= 11 is 0. The molecular formula is C67H52. The Morgan fingerprint density at radius 1 is 0.224 bits per heavy atom. The topological polar surface area (TPSA) is 0 Å². The first-order valence-corrected chi connectivity index (χ1v) is 24.4. The van der Waals surface area contributed by atoms with E-state index in [1.54, 1.807) is 0 Å². The number of hydrogen-bond acceptors (Lipinski definition) is 0. The van der Waals surface area contributed by atoms with Crippen LogP contribution in [0.1, 0.15) is 68.2 Å². The van der Waals surface area contributed by atoms with Gasteiger partial charge in [-0.25, -0.2) is 0 Å². The van der Waals surface area contributed by atoms with E-state index >= 15 is 0 Å². The van der Waals surface area contributed by atoms with Gasteiger partial charge in [0.05, 0.1) is 0 Å². The van der Waals surface area contributed by atoms with Gasteiger partial charge in [0.2, 0.25) is 0 Å². The van der Waals surface area contributed by atoms with Crippen molar-refractivity contribution in [2.24, 2.45) is 0 Å². The van der Waals surface area contributed by atoms with Crippen molar-refractivity contribution in [2.75, 3.05) is 0 Å². The second kappa shape index (κ2) is 14.1. The Balaban J connectivity index is 1.06. The van der Waals surface area contributed by atoms with Gasteiger partial charge in [0.25, 0.3) is 0 Å². The van der Waals surface area contributed by atoms with Crippen molar-refractivity contribution in [3.8, 4) is 0 Å². The first-order valence-electron chi connectivity index (χ1n) is 24.4. The Morgan fingerprint density at radius 3 is 0.746 bits per heavy atom. The summed E-state index contributed by atoms with van der Waals surface area (Å²) in [5, 5.41) is 21.3. The monoisotopic (exact) mass is 856 g/mol. The molecule has 67 heavy (non-hydrogen) atoms. The minimum atomic E-state index is -0.153. The fraction of sp³-hybridized carbons (Fsp3) is 0.164. The lowest BCUT2D eigenvalue weighted by atomic mass is 9.40. The molecule has 12 aromatic rings. The van der Waals surface area contributed by atoms with Crippen LogP contribution in [0.5, 0.6) is 0 Å². The van der Waals surface area contributed by atoms with Crippen LogP contribution in [0.4, 0.5) is 0 Å². The Bertz CT molecular complexity index is 3730. The van der Waals surface area contributed by atoms with Crippen LogP contribution in [0.15, 0.2) is 218 Å². The van der Waals surface area contributed by atoms with E-state index in [2.05, 4.69) is 232 Å². The first kappa shape index (κ1) is 38.9. The molecule has 0 aromatic heterocycles. The highest BCUT2D eigenvalue weighted by molar-refractivity contribution is 6.10. The summed E-state index contributed by atoms with van der Waals surface area (Å²) in [5.41, 5.74) is 5.33. The molecule has 0 N–H and O–H groups in total. The zero-order valence-electron chi connectivity index (χ0n) is 38.3. The molecule has 320 valence electrons. The molecule has 14 rings (SSSR count). The zero-order valence-corrected chi connectivity index (χ0v) is 38.3. The summed E-state index contributed by atoms with van der Waals surface area (Å²) in [6, 6.07) is 84.6. The average Bonchev–Trinajstić information content (AvgIpc) is 3.37. The molecule has 0 aliphatic heterocycles. The summed E-state index contributed by atoms with van der Waals surface area (Å²) in [4.78, 5) is 0. The van der Waals surface area contributed by atoms with Crippen LogP contribution in [0.25, 0.3) is 86.2 Å². The van der Waals surface area contributed by atoms with Gasteiger partial charge in [0.1, 0.15) is 0 Å². The molecule has 12 aromatic carbocycles. The molecule has 0 unspecified atom stereocenters. The molecule has 2 bridgehead atoms. The van der Waals surface area contributed by atoms with E-state index in [1.807, 2.05) is 0 Å². The van der Waals surface area contributed by atoms with E-state index in [4.69, 9.17) is 0 Å². The second-order valence-electron chi connectivity index (χ2n) is 21.5. The molecular weight excluding hydrogens is 805 g/mol. The molecule has 2 saturated carbocycles. The Kier molecular flexibility index (Phi) is 8.20. The van der Waals surface area contributed by atoms with Gasteiger partial charge < -0.3 is 0 Å². The SMILES string of the molecule is CC1(c2ccc3ccc4ccccc4c3c2)CC2(c3ccc4ccc5ccccc5c4c3)CC(C)(c3ccc4ccc5ccccc5c4c3)CC(c3ccc4ccc5ccccc5c4c3)(C1)C2. The van der Waals surface area contributed by atoms with E-state index < -0.39 is 0 Å². The van der Waals surface area contributed by atoms with Gasteiger partial charge in [0, 0.05) is 0 Å². The fourth-order valence-electron chi connectivity index (χ4n) is 14.6. The molecule has 0 amide bonds. The molecule has 0 radical (unpaired) electrons. The van der Waals surface area contributed by atoms with Crippen LogP contribution in [0, 0.1) is 0 Å². The van der Waals surface area contributed by atoms with E-state index in [-0.39, 0.29) is 21.7 Å². The van der Waals surface area contributed by atoms with E-state index in [0.717, 1.165) is 32.1 Å². The van der Waals surface area contributed by atoms with Crippen LogP contribution < -0.4 is 0 Å². The van der Waals surface area contributed by atoms with Crippen molar-refractivity contribution in [3.63, 3.8) is 0 Å². The van der Waals surface area contributed by atoms with Crippen molar-refractivity contribution in [3.05, 3.63) is 241 Å². The smallest absolute Gasteiger partial charge is 0.00215 e. The maximum atomic E-state index is 2.64. The van der Waals surface area contributed by atoms with Crippen LogP contribution in [0.3, 0.4) is 0 Å². The Morgan fingerprint density at radius 2 is 0.448 bits per heavy atom. The maximum Gasteiger partial charge on any atom is -0.00215 e. The standard InChI is InChI=1S/C67H52/c1-64(52-31-27-48-23-19-44-11-3-7-15-56(44)60(48)35-52)39-66(54-33-29-50-25-21-46-13-5-9-17-58(46)62(50)37-54)41-65(2,53-32-28-49-24-20-45-12-4-8-16-57(45)61(49)36-53)42-67(40-64,43-66)55-34-30-51-26-22-47-14-6-10-18-59(47)63(51)38-55/h3-38H,39-43H2,1-2H3. The lowest BCUT2D eigenvalue weighted by Crippen LogP contribution is -2.59. The summed E-state index contributed by atoms with van der Waals surface area (Å²) in [5.74, 6) is 0. The van der Waals surface area contributed by atoms with Gasteiger partial charge in [-0.2, -0.15) is 0 Å². The molecule has 2 fully saturated rings. The van der Waals surface area contributed by atoms with Crippen molar-refractivity contribution in [1.29, 1.82) is 0 Å². The predicted octanol–water partition coefficient (Wildman–Crippen LogP) is 18.0. The van der Waals surface area contributed by atoms with Crippen molar-refractivity contribution >= 4 is 86.2 Å². The van der Waals surface area contributed by atoms with Crippen LogP contribution in [0.2, 0.25) is 0 Å². The Hall–Kier alpha value is -7.28. The van der Waals surface area contributed by atoms with Crippen LogP contribution >= 0.6 is 0 Å². The highest BCUT2D eigenvalue weighted by Gasteiger charge is 2.61. The molecule has 2 aliphatic carbocycles. The number of fused-ring (bicyclic) bond motifs is 14. The lowest BCUT2D eigenvalue weighted by molar-refractivity contribution is 0.0168. The van der Waals surface area contributed by atoms with Crippen LogP contribution in [-0.2, 0) is 21.7 Å². The van der Waals surface area contributed by atoms with E-state index in [9.17, 15) is 0 Å². The van der Waals surface area contributed by atoms with Gasteiger partial charge in [-0.1, -0.05) is 208 Å². The molecule has 0 spiro atoms. The molecule has 0 saturated heterocycles. The average molecular weight is 857 g/mol. The first-order chi connectivity index (χ1) is 32.8. The molecule has 0 heterocycles. The maximum absolute atomic E-state index is 2.64. The van der Waals surface area contributed by atoms with E-state index in [1.165, 1.54) is 108 Å². The Labute approximate surface area is 392 Å². The summed E-state index contributed by atoms with van der Waals surface area (Å²) in [6.07, 6.45) is 5.37. The van der Waals surface area contributed by atoms with Gasteiger partial charge in [-0.3, -0.25) is 0 Å². The summed E-state index contributed by atoms with van der Waals surface area (Å²) in [7, 11) is 0. The molecule has 0 heteroatoms. The van der Waals surface area contributed by atoms with Crippen molar-refractivity contribution in [2.45, 2.75) is 67.6 Å². The third-order valence-electron chi connectivity index (χ3n) is 17.2. The van der Waals surface area contributed by atoms with E-state index in [0.29, 0.717) is 0 Å². The molecule has 0 atom stereocenters. The van der Waals surface area contributed by atoms with Crippen molar-refractivity contribution in [1.82, 2.24) is 0 Å². The minimum Gasteiger partial charge on any atom is -0.0616 e. The number of hydrogen-bond donors (Lipinski definition) is 0. The fourth-order valence-corrected chi connectivity index (χ4v) is 14.6. The highest BCUT2D eigenvalue weighted by atomic mass is 14.6. The largest absolute Gasteiger partial charge is 0.0616 e. The highest BCUT2D eigenvalue weighted by Crippen LogP contribution is 2.68. The summed E-state index contributed by atoms with van der Waals surface area (Å²) in [6.45, 7) is 5.28. The number of benzene rings is 12. The van der Waals surface area contributed by atoms with Gasteiger partial charge in [0.15, 0.2) is 0 Å². The third-order valence-corrected chi connectivity index (χ3v) is 17.2. The van der Waals surface area contributed by atoms with Gasteiger partial charge in [-0.15, -0.1) is 0 Å². The van der Waals surface area contributed by atoms with Gasteiger partial charge in [-0.05, 0) is 186 Å².